The number of nitrogens with one attached hydrogen (secondary N) is 1. The van der Waals surface area contributed by atoms with Gasteiger partial charge in [-0.2, -0.15) is 0 Å². The molecule has 2 unspecified atom stereocenters. The fourth-order valence-electron chi connectivity index (χ4n) is 3.39. The van der Waals surface area contributed by atoms with E-state index in [0.717, 1.165) is 23.1 Å². The summed E-state index contributed by atoms with van der Waals surface area (Å²) in [5, 5.41) is 4.80. The third-order valence-corrected chi connectivity index (χ3v) is 4.50. The van der Waals surface area contributed by atoms with E-state index in [1.54, 1.807) is 0 Å². The maximum atomic E-state index is 6.20. The van der Waals surface area contributed by atoms with Crippen LogP contribution in [0.25, 0.3) is 0 Å². The van der Waals surface area contributed by atoms with Crippen LogP contribution >= 0.6 is 23.2 Å². The van der Waals surface area contributed by atoms with E-state index in [4.69, 9.17) is 23.2 Å². The van der Waals surface area contributed by atoms with Crippen molar-refractivity contribution in [2.45, 2.75) is 32.2 Å². The molecule has 2 atom stereocenters. The van der Waals surface area contributed by atoms with Crippen molar-refractivity contribution in [2.24, 2.45) is 5.92 Å². The van der Waals surface area contributed by atoms with Crippen molar-refractivity contribution in [2.75, 3.05) is 26.7 Å². The minimum absolute atomic E-state index is 0.423. The molecule has 1 heterocycles. The van der Waals surface area contributed by atoms with Gasteiger partial charge >= 0.3 is 0 Å². The largest absolute Gasteiger partial charge is 0.319 e. The number of piperidine rings is 1. The smallest absolute Gasteiger partial charge is 0.0424 e. The molecular formula is C16H24Cl2N2. The monoisotopic (exact) mass is 314 g/mol. The van der Waals surface area contributed by atoms with Crippen molar-refractivity contribution >= 4 is 23.2 Å². The van der Waals surface area contributed by atoms with Gasteiger partial charge in [-0.05, 0) is 75.6 Å². The zero-order valence-electron chi connectivity index (χ0n) is 12.3. The topological polar surface area (TPSA) is 15.3 Å². The summed E-state index contributed by atoms with van der Waals surface area (Å²) in [7, 11) is 2.03. The number of hydrogen-bond donors (Lipinski definition) is 1. The fraction of sp³-hybridized carbons (Fsp3) is 0.625. The summed E-state index contributed by atoms with van der Waals surface area (Å²) in [6.07, 6.45) is 3.71. The molecule has 1 aromatic rings. The Bertz CT molecular complexity index is 398. The van der Waals surface area contributed by atoms with Crippen LogP contribution in [0.3, 0.4) is 0 Å². The van der Waals surface area contributed by atoms with E-state index in [9.17, 15) is 0 Å². The zero-order valence-corrected chi connectivity index (χ0v) is 13.8. The van der Waals surface area contributed by atoms with Crippen molar-refractivity contribution in [3.05, 3.63) is 33.8 Å². The van der Waals surface area contributed by atoms with Gasteiger partial charge in [0.1, 0.15) is 0 Å². The molecule has 1 N–H and O–H groups in total. The van der Waals surface area contributed by atoms with Crippen LogP contribution in [0.2, 0.25) is 10.0 Å². The van der Waals surface area contributed by atoms with Crippen LogP contribution in [0.1, 0.15) is 37.8 Å². The standard InChI is InChI=1S/C16H24Cl2N2/c1-3-6-20-7-4-5-12(11-19-2)16(20)13-8-14(17)10-15(18)9-13/h8-10,12,16,19H,3-7,11H2,1-2H3. The lowest BCUT2D eigenvalue weighted by molar-refractivity contribution is 0.0924. The molecule has 0 bridgehead atoms. The van der Waals surface area contributed by atoms with Gasteiger partial charge in [0, 0.05) is 16.1 Å². The first-order valence-corrected chi connectivity index (χ1v) is 8.26. The molecule has 0 aromatic heterocycles. The number of nitrogens with zero attached hydrogens (tertiary/aromatic N) is 1. The van der Waals surface area contributed by atoms with Crippen LogP contribution in [-0.2, 0) is 0 Å². The van der Waals surface area contributed by atoms with Crippen LogP contribution in [0, 0.1) is 5.92 Å². The Kier molecular flexibility index (Phi) is 6.16. The maximum Gasteiger partial charge on any atom is 0.0424 e. The number of likely N-dealkylation sites (tertiary alicyclic amines) is 1. The first kappa shape index (κ1) is 16.1. The number of rotatable bonds is 5. The SMILES string of the molecule is CCCN1CCCC(CNC)C1c1cc(Cl)cc(Cl)c1. The maximum absolute atomic E-state index is 6.20. The summed E-state index contributed by atoms with van der Waals surface area (Å²) in [5.41, 5.74) is 1.26. The molecule has 0 saturated carbocycles. The van der Waals surface area contributed by atoms with E-state index < -0.39 is 0 Å². The second kappa shape index (κ2) is 7.65. The average molecular weight is 315 g/mol. The lowest BCUT2D eigenvalue weighted by Gasteiger charge is -2.42. The minimum atomic E-state index is 0.423. The van der Waals surface area contributed by atoms with Gasteiger partial charge < -0.3 is 5.32 Å². The molecule has 1 saturated heterocycles. The van der Waals surface area contributed by atoms with E-state index in [0.29, 0.717) is 12.0 Å². The van der Waals surface area contributed by atoms with Gasteiger partial charge in [-0.25, -0.2) is 0 Å². The molecule has 2 rings (SSSR count). The van der Waals surface area contributed by atoms with Gasteiger partial charge in [0.2, 0.25) is 0 Å². The molecule has 0 aliphatic carbocycles. The van der Waals surface area contributed by atoms with Gasteiger partial charge in [-0.15, -0.1) is 0 Å². The van der Waals surface area contributed by atoms with Crippen molar-refractivity contribution < 1.29 is 0 Å². The fourth-order valence-corrected chi connectivity index (χ4v) is 3.94. The molecule has 0 amide bonds. The van der Waals surface area contributed by atoms with Crippen molar-refractivity contribution in [1.29, 1.82) is 0 Å². The van der Waals surface area contributed by atoms with Crippen LogP contribution in [0.5, 0.6) is 0 Å². The van der Waals surface area contributed by atoms with E-state index in [-0.39, 0.29) is 0 Å². The molecule has 1 fully saturated rings. The highest BCUT2D eigenvalue weighted by Gasteiger charge is 2.31. The van der Waals surface area contributed by atoms with Gasteiger partial charge in [0.05, 0.1) is 0 Å². The second-order valence-corrected chi connectivity index (χ2v) is 6.52. The van der Waals surface area contributed by atoms with Crippen LogP contribution in [0.4, 0.5) is 0 Å². The molecule has 20 heavy (non-hydrogen) atoms. The van der Waals surface area contributed by atoms with Gasteiger partial charge in [0.15, 0.2) is 0 Å². The highest BCUT2D eigenvalue weighted by molar-refractivity contribution is 6.34. The Balaban J connectivity index is 2.32. The Morgan fingerprint density at radius 3 is 2.55 bits per heavy atom. The van der Waals surface area contributed by atoms with Crippen LogP contribution < -0.4 is 5.32 Å². The number of halogens is 2. The van der Waals surface area contributed by atoms with Crippen molar-refractivity contribution in [1.82, 2.24) is 10.2 Å². The molecular weight excluding hydrogens is 291 g/mol. The van der Waals surface area contributed by atoms with Gasteiger partial charge in [0.25, 0.3) is 0 Å². The average Bonchev–Trinajstić information content (AvgIpc) is 2.38. The summed E-state index contributed by atoms with van der Waals surface area (Å²) in [5.74, 6) is 0.620. The predicted octanol–water partition coefficient (Wildman–Crippen LogP) is 4.38. The molecule has 1 aliphatic rings. The Morgan fingerprint density at radius 2 is 1.95 bits per heavy atom. The summed E-state index contributed by atoms with van der Waals surface area (Å²) in [4.78, 5) is 2.59. The van der Waals surface area contributed by atoms with E-state index in [1.165, 1.54) is 31.4 Å². The van der Waals surface area contributed by atoms with Crippen LogP contribution in [0.15, 0.2) is 18.2 Å². The van der Waals surface area contributed by atoms with Gasteiger partial charge in [-0.1, -0.05) is 30.1 Å². The van der Waals surface area contributed by atoms with E-state index >= 15 is 0 Å². The highest BCUT2D eigenvalue weighted by atomic mass is 35.5. The second-order valence-electron chi connectivity index (χ2n) is 5.64. The Hall–Kier alpha value is -0.280. The minimum Gasteiger partial charge on any atom is -0.319 e. The molecule has 4 heteroatoms. The first-order valence-electron chi connectivity index (χ1n) is 7.50. The normalized spacial score (nSPS) is 24.0. The van der Waals surface area contributed by atoms with Crippen molar-refractivity contribution in [3.63, 3.8) is 0 Å². The van der Waals surface area contributed by atoms with Gasteiger partial charge in [-0.3, -0.25) is 4.90 Å². The predicted molar refractivity (Wildman–Crippen MR) is 87.7 cm³/mol. The first-order chi connectivity index (χ1) is 9.65. The highest BCUT2D eigenvalue weighted by Crippen LogP contribution is 2.37. The molecule has 1 aromatic carbocycles. The summed E-state index contributed by atoms with van der Waals surface area (Å²) in [6.45, 7) is 5.58. The third-order valence-electron chi connectivity index (χ3n) is 4.06. The third kappa shape index (κ3) is 3.88. The Labute approximate surface area is 132 Å². The van der Waals surface area contributed by atoms with Crippen molar-refractivity contribution in [3.8, 4) is 0 Å². The zero-order chi connectivity index (χ0) is 14.5. The molecule has 112 valence electrons. The molecule has 0 radical (unpaired) electrons. The summed E-state index contributed by atoms with van der Waals surface area (Å²) < 4.78 is 0. The van der Waals surface area contributed by atoms with Crippen LogP contribution in [-0.4, -0.2) is 31.6 Å². The molecule has 0 spiro atoms. The lowest BCUT2D eigenvalue weighted by Crippen LogP contribution is -2.42. The number of benzene rings is 1. The van der Waals surface area contributed by atoms with E-state index in [2.05, 4.69) is 29.3 Å². The molecule has 1 aliphatic heterocycles. The number of hydrogen-bond acceptors (Lipinski definition) is 2. The lowest BCUT2D eigenvalue weighted by atomic mass is 9.84. The summed E-state index contributed by atoms with van der Waals surface area (Å²) >= 11 is 12.4. The Morgan fingerprint density at radius 1 is 1.25 bits per heavy atom. The molecule has 2 nitrogen and oxygen atoms in total. The van der Waals surface area contributed by atoms with E-state index in [1.807, 2.05) is 13.1 Å². The summed E-state index contributed by atoms with van der Waals surface area (Å²) in [6, 6.07) is 6.39. The quantitative estimate of drug-likeness (QED) is 0.867.